The first-order valence-electron chi connectivity index (χ1n) is 11.2. The molecule has 1 aliphatic heterocycles. The van der Waals surface area contributed by atoms with Gasteiger partial charge in [0.2, 0.25) is 0 Å². The maximum absolute atomic E-state index is 12.8. The molecule has 1 N–H and O–H groups in total. The van der Waals surface area contributed by atoms with E-state index < -0.39 is 26.8 Å². The van der Waals surface area contributed by atoms with Crippen LogP contribution in [0, 0.1) is 0 Å². The van der Waals surface area contributed by atoms with Crippen LogP contribution < -0.4 is 11.0 Å². The van der Waals surface area contributed by atoms with Crippen LogP contribution in [0.25, 0.3) is 0 Å². The predicted octanol–water partition coefficient (Wildman–Crippen LogP) is 2.66. The van der Waals surface area contributed by atoms with E-state index in [1.807, 2.05) is 6.07 Å². The first-order valence-corrected chi connectivity index (χ1v) is 13.1. The van der Waals surface area contributed by atoms with E-state index in [1.165, 1.54) is 30.8 Å². The molecule has 1 amide bonds. The summed E-state index contributed by atoms with van der Waals surface area (Å²) in [4.78, 5) is 30.7. The van der Waals surface area contributed by atoms with Gasteiger partial charge >= 0.3 is 0 Å². The third-order valence-corrected chi connectivity index (χ3v) is 8.67. The number of carbonyl (C=O) groups excluding carboxylic acids is 1. The molecule has 3 rings (SSSR count). The molecule has 31 heavy (non-hydrogen) atoms. The summed E-state index contributed by atoms with van der Waals surface area (Å²) >= 11 is 0. The first-order chi connectivity index (χ1) is 14.7. The van der Waals surface area contributed by atoms with Crippen molar-refractivity contribution >= 4 is 15.7 Å². The summed E-state index contributed by atoms with van der Waals surface area (Å²) in [5.41, 5.74) is 3.14. The average molecular weight is 455 g/mol. The quantitative estimate of drug-likeness (QED) is 0.606. The molecule has 1 aromatic rings. The minimum absolute atomic E-state index is 0.0464. The number of amides is 1. The standard InChI is InChI=1S/C22H34N2O6S/c1-22(31(2,27)28,21(26)23-30-20-10-6-7-15-29-20)12-14-24-13-11-18(16-19(24)25)17-8-4-3-5-9-17/h11,13,16-17,20H,3-10,12,14-15H2,1-2H3,(H,23,26). The molecular weight excluding hydrogens is 420 g/mol. The fraction of sp³-hybridized carbons (Fsp3) is 0.727. The van der Waals surface area contributed by atoms with Crippen molar-refractivity contribution < 1.29 is 22.8 Å². The highest BCUT2D eigenvalue weighted by atomic mass is 32.2. The van der Waals surface area contributed by atoms with Crippen LogP contribution in [0.5, 0.6) is 0 Å². The van der Waals surface area contributed by atoms with Gasteiger partial charge in [0.1, 0.15) is 0 Å². The van der Waals surface area contributed by atoms with E-state index in [0.717, 1.165) is 37.5 Å². The second kappa shape index (κ2) is 10.3. The molecule has 0 spiro atoms. The van der Waals surface area contributed by atoms with E-state index in [-0.39, 0.29) is 18.5 Å². The van der Waals surface area contributed by atoms with Crippen molar-refractivity contribution in [1.82, 2.24) is 10.0 Å². The number of hydrogen-bond donors (Lipinski definition) is 1. The third-order valence-electron chi connectivity index (χ3n) is 6.65. The second-order valence-corrected chi connectivity index (χ2v) is 11.4. The highest BCUT2D eigenvalue weighted by molar-refractivity contribution is 7.92. The van der Waals surface area contributed by atoms with Gasteiger partial charge in [-0.1, -0.05) is 19.3 Å². The number of carbonyl (C=O) groups is 1. The Kier molecular flexibility index (Phi) is 7.93. The molecule has 1 aromatic heterocycles. The summed E-state index contributed by atoms with van der Waals surface area (Å²) in [7, 11) is -3.77. The van der Waals surface area contributed by atoms with Crippen LogP contribution in [0.4, 0.5) is 0 Å². The van der Waals surface area contributed by atoms with Crippen molar-refractivity contribution in [1.29, 1.82) is 0 Å². The molecule has 0 bridgehead atoms. The summed E-state index contributed by atoms with van der Waals surface area (Å²) in [5, 5.41) is 0. The smallest absolute Gasteiger partial charge is 0.264 e. The van der Waals surface area contributed by atoms with Gasteiger partial charge in [0.05, 0.1) is 0 Å². The van der Waals surface area contributed by atoms with Crippen LogP contribution in [0.1, 0.15) is 76.2 Å². The van der Waals surface area contributed by atoms with Crippen molar-refractivity contribution in [3.05, 3.63) is 34.2 Å². The van der Waals surface area contributed by atoms with Gasteiger partial charge in [-0.25, -0.2) is 18.7 Å². The van der Waals surface area contributed by atoms with Gasteiger partial charge in [0.25, 0.3) is 11.5 Å². The van der Waals surface area contributed by atoms with Gasteiger partial charge in [-0.15, -0.1) is 0 Å². The number of pyridine rings is 1. The summed E-state index contributed by atoms with van der Waals surface area (Å²) in [6.07, 6.45) is 10.4. The molecule has 2 heterocycles. The van der Waals surface area contributed by atoms with Crippen LogP contribution in [-0.2, 0) is 30.8 Å². The largest absolute Gasteiger partial charge is 0.350 e. The molecule has 0 radical (unpaired) electrons. The van der Waals surface area contributed by atoms with Crippen LogP contribution in [0.15, 0.2) is 23.1 Å². The zero-order chi connectivity index (χ0) is 22.5. The minimum atomic E-state index is -3.77. The number of sulfone groups is 1. The summed E-state index contributed by atoms with van der Waals surface area (Å²) in [6, 6.07) is 3.59. The van der Waals surface area contributed by atoms with E-state index in [1.54, 1.807) is 12.3 Å². The lowest BCUT2D eigenvalue weighted by atomic mass is 9.84. The molecule has 1 saturated heterocycles. The van der Waals surface area contributed by atoms with E-state index in [9.17, 15) is 18.0 Å². The lowest BCUT2D eigenvalue weighted by Crippen LogP contribution is -2.51. The number of ether oxygens (including phenoxy) is 1. The van der Waals surface area contributed by atoms with Crippen LogP contribution in [0.2, 0.25) is 0 Å². The number of aryl methyl sites for hydroxylation is 1. The maximum atomic E-state index is 12.8. The van der Waals surface area contributed by atoms with Crippen LogP contribution in [-0.4, -0.2) is 42.8 Å². The predicted molar refractivity (Wildman–Crippen MR) is 117 cm³/mol. The van der Waals surface area contributed by atoms with Gasteiger partial charge in [-0.3, -0.25) is 9.59 Å². The minimum Gasteiger partial charge on any atom is -0.350 e. The Morgan fingerprint density at radius 3 is 2.55 bits per heavy atom. The molecule has 174 valence electrons. The second-order valence-electron chi connectivity index (χ2n) is 8.92. The van der Waals surface area contributed by atoms with Gasteiger partial charge in [0.15, 0.2) is 20.9 Å². The Bertz CT molecular complexity index is 916. The highest BCUT2D eigenvalue weighted by Crippen LogP contribution is 2.31. The van der Waals surface area contributed by atoms with E-state index in [4.69, 9.17) is 9.57 Å². The highest BCUT2D eigenvalue weighted by Gasteiger charge is 2.44. The molecule has 2 atom stereocenters. The van der Waals surface area contributed by atoms with Crippen molar-refractivity contribution in [2.45, 2.75) is 88.2 Å². The van der Waals surface area contributed by atoms with Crippen molar-refractivity contribution in [2.24, 2.45) is 0 Å². The zero-order valence-corrected chi connectivity index (χ0v) is 19.3. The average Bonchev–Trinajstić information content (AvgIpc) is 2.77. The van der Waals surface area contributed by atoms with Crippen molar-refractivity contribution in [2.75, 3.05) is 12.9 Å². The number of aromatic nitrogens is 1. The molecule has 0 aromatic carbocycles. The Morgan fingerprint density at radius 2 is 1.94 bits per heavy atom. The van der Waals surface area contributed by atoms with E-state index >= 15 is 0 Å². The lowest BCUT2D eigenvalue weighted by molar-refractivity contribution is -0.201. The molecule has 1 saturated carbocycles. The number of nitrogens with one attached hydrogen (secondary N) is 1. The summed E-state index contributed by atoms with van der Waals surface area (Å²) < 4.78 is 30.1. The monoisotopic (exact) mass is 454 g/mol. The number of nitrogens with zero attached hydrogens (tertiary/aromatic N) is 1. The van der Waals surface area contributed by atoms with Crippen LogP contribution in [0.3, 0.4) is 0 Å². The Labute approximate surface area is 184 Å². The Morgan fingerprint density at radius 1 is 1.23 bits per heavy atom. The summed E-state index contributed by atoms with van der Waals surface area (Å²) in [6.45, 7) is 2.02. The Balaban J connectivity index is 1.66. The van der Waals surface area contributed by atoms with Gasteiger partial charge in [0, 0.05) is 38.1 Å². The van der Waals surface area contributed by atoms with Gasteiger partial charge < -0.3 is 9.30 Å². The fourth-order valence-corrected chi connectivity index (χ4v) is 5.07. The zero-order valence-electron chi connectivity index (χ0n) is 18.5. The van der Waals surface area contributed by atoms with Crippen LogP contribution >= 0.6 is 0 Å². The van der Waals surface area contributed by atoms with Gasteiger partial charge in [-0.05, 0) is 56.6 Å². The molecule has 2 aliphatic rings. The van der Waals surface area contributed by atoms with Crippen molar-refractivity contribution in [3.8, 4) is 0 Å². The third kappa shape index (κ3) is 5.96. The fourth-order valence-electron chi connectivity index (χ4n) is 4.23. The maximum Gasteiger partial charge on any atom is 0.264 e. The molecule has 2 fully saturated rings. The number of hydrogen-bond acceptors (Lipinski definition) is 6. The normalized spacial score (nSPS) is 22.6. The van der Waals surface area contributed by atoms with E-state index in [0.29, 0.717) is 18.9 Å². The SMILES string of the molecule is CC(CCn1ccc(C2CCCCC2)cc1=O)(C(=O)NOC1CCCCO1)S(C)(=O)=O. The van der Waals surface area contributed by atoms with Crippen molar-refractivity contribution in [3.63, 3.8) is 0 Å². The summed E-state index contributed by atoms with van der Waals surface area (Å²) in [5.74, 6) is -0.335. The van der Waals surface area contributed by atoms with Gasteiger partial charge in [-0.2, -0.15) is 0 Å². The molecule has 8 nitrogen and oxygen atoms in total. The lowest BCUT2D eigenvalue weighted by Gasteiger charge is -2.28. The Hall–Kier alpha value is -1.71. The first kappa shape index (κ1) is 23.9. The topological polar surface area (TPSA) is 104 Å². The number of hydroxylamine groups is 1. The molecule has 9 heteroatoms. The van der Waals surface area contributed by atoms with E-state index in [2.05, 4.69) is 5.48 Å². The molecule has 2 unspecified atom stereocenters. The molecular formula is C22H34N2O6S. The number of rotatable bonds is 8. The molecule has 1 aliphatic carbocycles.